The largest absolute Gasteiger partial charge is 0.307 e. The van der Waals surface area contributed by atoms with E-state index in [4.69, 9.17) is 23.2 Å². The Balaban J connectivity index is 2.35. The van der Waals surface area contributed by atoms with Gasteiger partial charge < -0.3 is 5.32 Å². The topological polar surface area (TPSA) is 88.2 Å². The van der Waals surface area contributed by atoms with Gasteiger partial charge in [-0.05, 0) is 30.2 Å². The minimum absolute atomic E-state index is 0.0124. The number of amides is 1. The lowest BCUT2D eigenvalue weighted by Gasteiger charge is -2.13. The molecule has 0 saturated heterocycles. The van der Waals surface area contributed by atoms with E-state index in [2.05, 4.69) is 15.0 Å². The number of sulfonamides is 1. The highest BCUT2D eigenvalue weighted by Crippen LogP contribution is 2.29. The fourth-order valence-corrected chi connectivity index (χ4v) is 3.95. The van der Waals surface area contributed by atoms with E-state index in [9.17, 15) is 13.2 Å². The van der Waals surface area contributed by atoms with Crippen molar-refractivity contribution in [2.45, 2.75) is 18.7 Å². The second-order valence-corrected chi connectivity index (χ2v) is 8.23. The van der Waals surface area contributed by atoms with Crippen molar-refractivity contribution in [3.8, 4) is 0 Å². The van der Waals surface area contributed by atoms with Crippen molar-refractivity contribution in [2.75, 3.05) is 11.9 Å². The zero-order valence-electron chi connectivity index (χ0n) is 13.6. The normalized spacial score (nSPS) is 11.6. The summed E-state index contributed by atoms with van der Waals surface area (Å²) in [5.74, 6) is -0.144. The van der Waals surface area contributed by atoms with Crippen LogP contribution in [0, 0.1) is 5.92 Å². The number of carbonyl (C=O) groups excluding carboxylic acids is 1. The van der Waals surface area contributed by atoms with Gasteiger partial charge in [-0.3, -0.25) is 4.79 Å². The zero-order valence-corrected chi connectivity index (χ0v) is 15.9. The number of nitrogens with one attached hydrogen (secondary N) is 2. The molecule has 134 valence electrons. The lowest BCUT2D eigenvalue weighted by molar-refractivity contribution is 0.102. The van der Waals surface area contributed by atoms with Gasteiger partial charge in [0.1, 0.15) is 10.7 Å². The van der Waals surface area contributed by atoms with Gasteiger partial charge in [0, 0.05) is 12.7 Å². The third-order valence-corrected chi connectivity index (χ3v) is 5.34. The number of halogens is 2. The van der Waals surface area contributed by atoms with E-state index in [1.54, 1.807) is 18.2 Å². The van der Waals surface area contributed by atoms with E-state index < -0.39 is 15.9 Å². The molecule has 0 saturated carbocycles. The van der Waals surface area contributed by atoms with E-state index in [1.807, 2.05) is 13.8 Å². The van der Waals surface area contributed by atoms with Crippen LogP contribution in [0.3, 0.4) is 0 Å². The Bertz CT molecular complexity index is 872. The molecule has 0 radical (unpaired) electrons. The molecule has 25 heavy (non-hydrogen) atoms. The monoisotopic (exact) mass is 401 g/mol. The van der Waals surface area contributed by atoms with E-state index in [0.29, 0.717) is 5.82 Å². The van der Waals surface area contributed by atoms with Crippen molar-refractivity contribution < 1.29 is 13.2 Å². The molecule has 2 N–H and O–H groups in total. The summed E-state index contributed by atoms with van der Waals surface area (Å²) < 4.78 is 27.3. The number of nitrogens with zero attached hydrogens (tertiary/aromatic N) is 1. The molecule has 9 heteroatoms. The summed E-state index contributed by atoms with van der Waals surface area (Å²) in [5, 5.41) is 2.54. The van der Waals surface area contributed by atoms with Crippen molar-refractivity contribution >= 4 is 45.0 Å². The highest BCUT2D eigenvalue weighted by Gasteiger charge is 2.23. The number of pyridine rings is 1. The Morgan fingerprint density at radius 2 is 1.92 bits per heavy atom. The number of anilines is 1. The first-order valence-corrected chi connectivity index (χ1v) is 9.65. The summed E-state index contributed by atoms with van der Waals surface area (Å²) in [6.45, 7) is 3.99. The van der Waals surface area contributed by atoms with Crippen LogP contribution in [0.15, 0.2) is 41.4 Å². The van der Waals surface area contributed by atoms with Gasteiger partial charge in [0.2, 0.25) is 10.0 Å². The molecule has 1 aromatic heterocycles. The third-order valence-electron chi connectivity index (χ3n) is 3.14. The minimum Gasteiger partial charge on any atom is -0.307 e. The number of carbonyl (C=O) groups is 1. The summed E-state index contributed by atoms with van der Waals surface area (Å²) in [4.78, 5) is 16.2. The summed E-state index contributed by atoms with van der Waals surface area (Å²) in [6, 6.07) is 7.41. The van der Waals surface area contributed by atoms with Crippen LogP contribution in [0.5, 0.6) is 0 Å². The third kappa shape index (κ3) is 5.15. The van der Waals surface area contributed by atoms with Crippen LogP contribution in [0.25, 0.3) is 0 Å². The molecule has 0 aliphatic rings. The molecular weight excluding hydrogens is 385 g/mol. The maximum Gasteiger partial charge on any atom is 0.258 e. The van der Waals surface area contributed by atoms with Crippen LogP contribution in [0.1, 0.15) is 24.2 Å². The summed E-state index contributed by atoms with van der Waals surface area (Å²) in [5.41, 5.74) is -0.0124. The second kappa shape index (κ2) is 8.14. The fourth-order valence-electron chi connectivity index (χ4n) is 1.88. The van der Waals surface area contributed by atoms with Gasteiger partial charge in [0.05, 0.1) is 15.6 Å². The summed E-state index contributed by atoms with van der Waals surface area (Å²) in [6.07, 6.45) is 1.52. The van der Waals surface area contributed by atoms with E-state index in [1.165, 1.54) is 12.3 Å². The highest BCUT2D eigenvalue weighted by atomic mass is 35.5. The minimum atomic E-state index is -3.87. The molecule has 0 atom stereocenters. The molecule has 1 amide bonds. The average Bonchev–Trinajstić information content (AvgIpc) is 2.53. The van der Waals surface area contributed by atoms with Gasteiger partial charge in [-0.25, -0.2) is 18.1 Å². The Labute approximate surface area is 156 Å². The lowest BCUT2D eigenvalue weighted by atomic mass is 10.2. The smallest absolute Gasteiger partial charge is 0.258 e. The van der Waals surface area contributed by atoms with Crippen LogP contribution in [0.2, 0.25) is 10.0 Å². The molecule has 0 spiro atoms. The first-order valence-electron chi connectivity index (χ1n) is 7.42. The van der Waals surface area contributed by atoms with Gasteiger partial charge in [-0.1, -0.05) is 43.1 Å². The summed E-state index contributed by atoms with van der Waals surface area (Å²) in [7, 11) is -3.87. The first-order chi connectivity index (χ1) is 11.7. The predicted molar refractivity (Wildman–Crippen MR) is 98.7 cm³/mol. The van der Waals surface area contributed by atoms with Crippen molar-refractivity contribution in [1.82, 2.24) is 9.71 Å². The number of aromatic nitrogens is 1. The number of rotatable bonds is 6. The fraction of sp³-hybridized carbons (Fsp3) is 0.250. The number of benzene rings is 1. The molecule has 1 aromatic carbocycles. The predicted octanol–water partition coefficient (Wildman–Crippen LogP) is 3.58. The molecule has 2 aromatic rings. The lowest BCUT2D eigenvalue weighted by Crippen LogP contribution is -2.28. The van der Waals surface area contributed by atoms with E-state index in [0.717, 1.165) is 6.07 Å². The van der Waals surface area contributed by atoms with Crippen molar-refractivity contribution in [3.63, 3.8) is 0 Å². The zero-order chi connectivity index (χ0) is 18.6. The van der Waals surface area contributed by atoms with Crippen molar-refractivity contribution in [3.05, 3.63) is 52.1 Å². The van der Waals surface area contributed by atoms with E-state index in [-0.39, 0.29) is 33.0 Å². The Kier molecular flexibility index (Phi) is 6.40. The SMILES string of the molecule is CC(C)CNS(=O)(=O)c1cc(C(=O)Nc2ccccn2)c(Cl)cc1Cl. The van der Waals surface area contributed by atoms with Crippen molar-refractivity contribution in [1.29, 1.82) is 0 Å². The summed E-state index contributed by atoms with van der Waals surface area (Å²) >= 11 is 12.1. The Hall–Kier alpha value is -1.67. The molecule has 1 heterocycles. The molecule has 6 nitrogen and oxygen atoms in total. The second-order valence-electron chi connectivity index (χ2n) is 5.68. The Morgan fingerprint density at radius 3 is 2.52 bits per heavy atom. The highest BCUT2D eigenvalue weighted by molar-refractivity contribution is 7.89. The van der Waals surface area contributed by atoms with Crippen molar-refractivity contribution in [2.24, 2.45) is 5.92 Å². The quantitative estimate of drug-likeness (QED) is 0.773. The molecular formula is C16H17Cl2N3O3S. The van der Waals surface area contributed by atoms with Gasteiger partial charge >= 0.3 is 0 Å². The maximum atomic E-state index is 12.4. The molecule has 0 fully saturated rings. The van der Waals surface area contributed by atoms with Gasteiger partial charge in [0.25, 0.3) is 5.91 Å². The number of hydrogen-bond acceptors (Lipinski definition) is 4. The van der Waals surface area contributed by atoms with Crippen LogP contribution < -0.4 is 10.0 Å². The van der Waals surface area contributed by atoms with Gasteiger partial charge in [-0.2, -0.15) is 0 Å². The first kappa shape index (κ1) is 19.7. The molecule has 0 aliphatic heterocycles. The van der Waals surface area contributed by atoms with Gasteiger partial charge in [-0.15, -0.1) is 0 Å². The van der Waals surface area contributed by atoms with Gasteiger partial charge in [0.15, 0.2) is 0 Å². The van der Waals surface area contributed by atoms with Crippen LogP contribution in [0.4, 0.5) is 5.82 Å². The van der Waals surface area contributed by atoms with E-state index >= 15 is 0 Å². The van der Waals surface area contributed by atoms with Crippen LogP contribution in [-0.2, 0) is 10.0 Å². The molecule has 0 unspecified atom stereocenters. The maximum absolute atomic E-state index is 12.4. The van der Waals surface area contributed by atoms with Crippen LogP contribution in [-0.4, -0.2) is 25.9 Å². The molecule has 2 rings (SSSR count). The standard InChI is InChI=1S/C16H17Cl2N3O3S/c1-10(2)9-20-25(23,24)14-7-11(12(17)8-13(14)18)16(22)21-15-5-3-4-6-19-15/h3-8,10,20H,9H2,1-2H3,(H,19,21,22). The molecule has 0 bridgehead atoms. The molecule has 0 aliphatic carbocycles. The Morgan fingerprint density at radius 1 is 1.20 bits per heavy atom. The average molecular weight is 402 g/mol. The number of hydrogen-bond donors (Lipinski definition) is 2. The van der Waals surface area contributed by atoms with Crippen LogP contribution >= 0.6 is 23.2 Å².